The van der Waals surface area contributed by atoms with E-state index in [-0.39, 0.29) is 12.4 Å². The van der Waals surface area contributed by atoms with Crippen molar-refractivity contribution in [3.05, 3.63) is 53.8 Å². The van der Waals surface area contributed by atoms with Crippen molar-refractivity contribution in [2.75, 3.05) is 25.6 Å². The van der Waals surface area contributed by atoms with E-state index in [9.17, 15) is 4.39 Å². The summed E-state index contributed by atoms with van der Waals surface area (Å²) in [7, 11) is 1.60. The molecule has 0 spiro atoms. The molecule has 0 aliphatic heterocycles. The summed E-state index contributed by atoms with van der Waals surface area (Å²) >= 11 is 0. The number of hydrogen-bond donors (Lipinski definition) is 2. The highest BCUT2D eigenvalue weighted by molar-refractivity contribution is 5.93. The van der Waals surface area contributed by atoms with Gasteiger partial charge in [0.15, 0.2) is 17.5 Å². The monoisotopic (exact) mass is 345 g/mol. The lowest BCUT2D eigenvalue weighted by Gasteiger charge is -2.14. The molecule has 0 aliphatic rings. The molecule has 2 N–H and O–H groups in total. The Hall–Kier alpha value is -2.76. The van der Waals surface area contributed by atoms with Crippen LogP contribution in [-0.2, 0) is 6.54 Å². The van der Waals surface area contributed by atoms with Crippen molar-refractivity contribution in [1.82, 2.24) is 5.32 Å². The minimum Gasteiger partial charge on any atom is -0.493 e. The van der Waals surface area contributed by atoms with Crippen LogP contribution in [0.15, 0.2) is 47.5 Å². The molecule has 5 nitrogen and oxygen atoms in total. The van der Waals surface area contributed by atoms with Crippen LogP contribution in [0.1, 0.15) is 19.4 Å². The van der Waals surface area contributed by atoms with Crippen LogP contribution in [0.5, 0.6) is 11.5 Å². The van der Waals surface area contributed by atoms with Gasteiger partial charge in [-0.05, 0) is 32.0 Å². The van der Waals surface area contributed by atoms with Gasteiger partial charge in [0.2, 0.25) is 0 Å². The zero-order valence-electron chi connectivity index (χ0n) is 14.8. The number of halogens is 1. The highest BCUT2D eigenvalue weighted by Crippen LogP contribution is 2.30. The molecule has 2 rings (SSSR count). The summed E-state index contributed by atoms with van der Waals surface area (Å²) in [6.07, 6.45) is 0. The maximum Gasteiger partial charge on any atom is 0.196 e. The Morgan fingerprint density at radius 1 is 1.12 bits per heavy atom. The number of ether oxygens (including phenoxy) is 2. The van der Waals surface area contributed by atoms with Gasteiger partial charge in [0, 0.05) is 23.9 Å². The molecule has 0 radical (unpaired) electrons. The number of nitrogens with zero attached hydrogens (tertiary/aromatic N) is 1. The first-order valence-electron chi connectivity index (χ1n) is 8.27. The van der Waals surface area contributed by atoms with Crippen molar-refractivity contribution < 1.29 is 13.9 Å². The number of nitrogens with one attached hydrogen (secondary N) is 2. The van der Waals surface area contributed by atoms with Gasteiger partial charge in [0.05, 0.1) is 20.3 Å². The minimum atomic E-state index is -0.259. The fourth-order valence-corrected chi connectivity index (χ4v) is 2.25. The highest BCUT2D eigenvalue weighted by Gasteiger charge is 2.07. The van der Waals surface area contributed by atoms with E-state index in [0.29, 0.717) is 36.2 Å². The Bertz CT molecular complexity index is 720. The predicted molar refractivity (Wildman–Crippen MR) is 99.0 cm³/mol. The van der Waals surface area contributed by atoms with Crippen molar-refractivity contribution in [2.45, 2.75) is 20.4 Å². The summed E-state index contributed by atoms with van der Waals surface area (Å²) in [4.78, 5) is 4.44. The fourth-order valence-electron chi connectivity index (χ4n) is 2.25. The number of hydrogen-bond acceptors (Lipinski definition) is 3. The number of rotatable bonds is 7. The summed E-state index contributed by atoms with van der Waals surface area (Å²) in [5.41, 5.74) is 1.34. The topological polar surface area (TPSA) is 54.9 Å². The molecule has 0 atom stereocenters. The van der Waals surface area contributed by atoms with Crippen LogP contribution in [0, 0.1) is 5.82 Å². The second-order valence-corrected chi connectivity index (χ2v) is 5.21. The molecule has 0 unspecified atom stereocenters. The summed E-state index contributed by atoms with van der Waals surface area (Å²) < 4.78 is 24.6. The molecule has 134 valence electrons. The molecule has 2 aromatic rings. The van der Waals surface area contributed by atoms with Crippen LogP contribution < -0.4 is 20.1 Å². The first-order chi connectivity index (χ1) is 12.2. The van der Waals surface area contributed by atoms with Gasteiger partial charge in [-0.25, -0.2) is 9.38 Å². The van der Waals surface area contributed by atoms with Gasteiger partial charge in [0.1, 0.15) is 5.82 Å². The van der Waals surface area contributed by atoms with Crippen LogP contribution in [0.3, 0.4) is 0 Å². The van der Waals surface area contributed by atoms with Gasteiger partial charge in [-0.3, -0.25) is 0 Å². The van der Waals surface area contributed by atoms with Gasteiger partial charge in [-0.2, -0.15) is 0 Å². The molecule has 2 aromatic carbocycles. The molecule has 0 fully saturated rings. The lowest BCUT2D eigenvalue weighted by atomic mass is 10.2. The molecule has 0 amide bonds. The first-order valence-corrected chi connectivity index (χ1v) is 8.27. The third kappa shape index (κ3) is 5.38. The van der Waals surface area contributed by atoms with Gasteiger partial charge >= 0.3 is 0 Å². The van der Waals surface area contributed by atoms with E-state index < -0.39 is 0 Å². The lowest BCUT2D eigenvalue weighted by molar-refractivity contribution is 0.311. The maximum atomic E-state index is 13.7. The maximum absolute atomic E-state index is 13.7. The largest absolute Gasteiger partial charge is 0.493 e. The van der Waals surface area contributed by atoms with Crippen LogP contribution in [0.2, 0.25) is 0 Å². The number of guanidine groups is 1. The standard InChI is InChI=1S/C19H24FN3O2/c1-4-21-19(22-13-14-8-6-7-9-16(14)20)23-15-10-11-17(25-5-2)18(12-15)24-3/h6-12H,4-5,13H2,1-3H3,(H2,21,22,23). The Morgan fingerprint density at radius 2 is 1.92 bits per heavy atom. The van der Waals surface area contributed by atoms with Crippen LogP contribution in [-0.4, -0.2) is 26.2 Å². The van der Waals surface area contributed by atoms with E-state index in [2.05, 4.69) is 15.6 Å². The zero-order chi connectivity index (χ0) is 18.1. The number of aliphatic imine (C=N–C) groups is 1. The fraction of sp³-hybridized carbons (Fsp3) is 0.316. The molecule has 0 saturated carbocycles. The normalized spacial score (nSPS) is 11.1. The molecule has 25 heavy (non-hydrogen) atoms. The first kappa shape index (κ1) is 18.6. The molecule has 0 bridgehead atoms. The van der Waals surface area contributed by atoms with Gasteiger partial charge in [0.25, 0.3) is 0 Å². The van der Waals surface area contributed by atoms with E-state index in [4.69, 9.17) is 9.47 Å². The molecule has 0 aromatic heterocycles. The van der Waals surface area contributed by atoms with Gasteiger partial charge in [-0.15, -0.1) is 0 Å². The number of methoxy groups -OCH3 is 1. The molecule has 0 aliphatic carbocycles. The average molecular weight is 345 g/mol. The quantitative estimate of drug-likeness (QED) is 0.592. The van der Waals surface area contributed by atoms with Crippen molar-refractivity contribution in [1.29, 1.82) is 0 Å². The lowest BCUT2D eigenvalue weighted by Crippen LogP contribution is -2.30. The van der Waals surface area contributed by atoms with E-state index in [1.54, 1.807) is 25.3 Å². The third-order valence-corrected chi connectivity index (χ3v) is 3.44. The van der Waals surface area contributed by atoms with Crippen molar-refractivity contribution >= 4 is 11.6 Å². The SMILES string of the molecule is CCNC(=NCc1ccccc1F)Nc1ccc(OCC)c(OC)c1. The molecule has 6 heteroatoms. The van der Waals surface area contributed by atoms with E-state index in [0.717, 1.165) is 5.69 Å². The van der Waals surface area contributed by atoms with Crippen molar-refractivity contribution in [3.8, 4) is 11.5 Å². The van der Waals surface area contributed by atoms with Gasteiger partial charge in [-0.1, -0.05) is 18.2 Å². The van der Waals surface area contributed by atoms with E-state index >= 15 is 0 Å². The van der Waals surface area contributed by atoms with Crippen molar-refractivity contribution in [3.63, 3.8) is 0 Å². The highest BCUT2D eigenvalue weighted by atomic mass is 19.1. The summed E-state index contributed by atoms with van der Waals surface area (Å²) in [6.45, 7) is 5.40. The summed E-state index contributed by atoms with van der Waals surface area (Å²) in [5, 5.41) is 6.34. The Labute approximate surface area is 147 Å². The summed E-state index contributed by atoms with van der Waals surface area (Å²) in [6, 6.07) is 12.2. The average Bonchev–Trinajstić information content (AvgIpc) is 2.62. The zero-order valence-corrected chi connectivity index (χ0v) is 14.8. The van der Waals surface area contributed by atoms with Crippen LogP contribution in [0.4, 0.5) is 10.1 Å². The van der Waals surface area contributed by atoms with E-state index in [1.165, 1.54) is 6.07 Å². The number of anilines is 1. The number of benzene rings is 2. The second kappa shape index (κ2) is 9.52. The third-order valence-electron chi connectivity index (χ3n) is 3.44. The molecular weight excluding hydrogens is 321 g/mol. The Kier molecular flexibility index (Phi) is 7.07. The van der Waals surface area contributed by atoms with E-state index in [1.807, 2.05) is 32.0 Å². The smallest absolute Gasteiger partial charge is 0.196 e. The minimum absolute atomic E-state index is 0.246. The molecule has 0 heterocycles. The Balaban J connectivity index is 2.15. The van der Waals surface area contributed by atoms with Crippen molar-refractivity contribution in [2.24, 2.45) is 4.99 Å². The molecule has 0 saturated heterocycles. The molecular formula is C19H24FN3O2. The van der Waals surface area contributed by atoms with Crippen LogP contribution in [0.25, 0.3) is 0 Å². The second-order valence-electron chi connectivity index (χ2n) is 5.21. The van der Waals surface area contributed by atoms with Gasteiger partial charge < -0.3 is 20.1 Å². The van der Waals surface area contributed by atoms with Crippen LogP contribution >= 0.6 is 0 Å². The Morgan fingerprint density at radius 3 is 2.60 bits per heavy atom. The summed E-state index contributed by atoms with van der Waals surface area (Å²) in [5.74, 6) is 1.63. The predicted octanol–water partition coefficient (Wildman–Crippen LogP) is 3.81.